The van der Waals surface area contributed by atoms with E-state index < -0.39 is 0 Å². The molecular formula is C53H41N. The SMILES string of the molecule is CC1(C)c2ccccc2-c2ccc(C(Cc3ccc(-c4ccc5c(c4)c4ccccc4n5-c4ccccc4)cc3)c3ccc(-c4ccccc4)cc3)cc21. The van der Waals surface area contributed by atoms with E-state index in [-0.39, 0.29) is 11.3 Å². The van der Waals surface area contributed by atoms with Gasteiger partial charge in [-0.25, -0.2) is 0 Å². The molecule has 1 heterocycles. The minimum Gasteiger partial charge on any atom is -0.309 e. The van der Waals surface area contributed by atoms with Gasteiger partial charge in [-0.05, 0) is 98.0 Å². The van der Waals surface area contributed by atoms with Crippen molar-refractivity contribution in [2.75, 3.05) is 0 Å². The van der Waals surface area contributed by atoms with Crippen LogP contribution >= 0.6 is 0 Å². The van der Waals surface area contributed by atoms with Crippen LogP contribution in [-0.2, 0) is 11.8 Å². The Labute approximate surface area is 317 Å². The van der Waals surface area contributed by atoms with Crippen molar-refractivity contribution in [3.63, 3.8) is 0 Å². The van der Waals surface area contributed by atoms with Crippen molar-refractivity contribution in [2.45, 2.75) is 31.6 Å². The smallest absolute Gasteiger partial charge is 0.0541 e. The molecule has 10 rings (SSSR count). The zero-order valence-electron chi connectivity index (χ0n) is 30.7. The predicted molar refractivity (Wildman–Crippen MR) is 228 cm³/mol. The fourth-order valence-corrected chi connectivity index (χ4v) is 8.98. The summed E-state index contributed by atoms with van der Waals surface area (Å²) in [5, 5.41) is 2.55. The molecular weight excluding hydrogens is 651 g/mol. The van der Waals surface area contributed by atoms with E-state index in [1.807, 2.05) is 0 Å². The molecule has 0 N–H and O–H groups in total. The molecule has 0 saturated heterocycles. The molecule has 0 saturated carbocycles. The third kappa shape index (κ3) is 5.39. The van der Waals surface area contributed by atoms with Crippen molar-refractivity contribution in [1.82, 2.24) is 4.57 Å². The number of aromatic nitrogens is 1. The number of para-hydroxylation sites is 2. The normalized spacial score (nSPS) is 13.5. The van der Waals surface area contributed by atoms with Crippen molar-refractivity contribution in [3.05, 3.63) is 222 Å². The number of benzene rings is 8. The van der Waals surface area contributed by atoms with Gasteiger partial charge in [0.05, 0.1) is 11.0 Å². The third-order valence-electron chi connectivity index (χ3n) is 11.8. The first-order chi connectivity index (χ1) is 26.5. The van der Waals surface area contributed by atoms with Gasteiger partial charge in [0, 0.05) is 27.8 Å². The molecule has 1 heteroatoms. The van der Waals surface area contributed by atoms with E-state index in [1.54, 1.807) is 0 Å². The van der Waals surface area contributed by atoms with E-state index in [9.17, 15) is 0 Å². The van der Waals surface area contributed by atoms with E-state index in [4.69, 9.17) is 0 Å². The van der Waals surface area contributed by atoms with Crippen molar-refractivity contribution < 1.29 is 0 Å². The maximum Gasteiger partial charge on any atom is 0.0541 e. The van der Waals surface area contributed by atoms with Gasteiger partial charge in [-0.2, -0.15) is 0 Å². The fraction of sp³-hybridized carbons (Fsp3) is 0.0943. The standard InChI is InChI=1S/C53H41N/c1-53(2)49-19-11-9-17-44(49)45-31-29-42(35-50(45)53)47(40-27-25-38(26-28-40)37-13-5-3-6-14-37)33-36-21-23-39(24-22-36)41-30-32-52-48(34-41)46-18-10-12-20-51(46)54(52)43-15-7-4-8-16-43/h3-32,34-35,47H,33H2,1-2H3. The zero-order chi connectivity index (χ0) is 36.2. The summed E-state index contributed by atoms with van der Waals surface area (Å²) in [5.74, 6) is 0.214. The molecule has 1 nitrogen and oxygen atoms in total. The summed E-state index contributed by atoms with van der Waals surface area (Å²) in [6.07, 6.45) is 0.917. The summed E-state index contributed by atoms with van der Waals surface area (Å²) in [5.41, 5.74) is 18.2. The first-order valence-electron chi connectivity index (χ1n) is 19.1. The lowest BCUT2D eigenvalue weighted by Crippen LogP contribution is -2.16. The molecule has 258 valence electrons. The highest BCUT2D eigenvalue weighted by molar-refractivity contribution is 6.10. The molecule has 8 aromatic carbocycles. The summed E-state index contributed by atoms with van der Waals surface area (Å²) in [4.78, 5) is 0. The summed E-state index contributed by atoms with van der Waals surface area (Å²) in [6, 6.07) is 71.8. The third-order valence-corrected chi connectivity index (χ3v) is 11.8. The van der Waals surface area contributed by atoms with Crippen molar-refractivity contribution in [3.8, 4) is 39.1 Å². The van der Waals surface area contributed by atoms with Gasteiger partial charge in [0.2, 0.25) is 0 Å². The van der Waals surface area contributed by atoms with Gasteiger partial charge in [0.25, 0.3) is 0 Å². The Balaban J connectivity index is 1.01. The summed E-state index contributed by atoms with van der Waals surface area (Å²) < 4.78 is 2.38. The van der Waals surface area contributed by atoms with Crippen LogP contribution in [0.3, 0.4) is 0 Å². The minimum absolute atomic E-state index is 0.0419. The number of rotatable bonds is 7. The molecule has 1 unspecified atom stereocenters. The van der Waals surface area contributed by atoms with Crippen LogP contribution in [0, 0.1) is 0 Å². The number of hydrogen-bond acceptors (Lipinski definition) is 0. The van der Waals surface area contributed by atoms with Crippen LogP contribution < -0.4 is 0 Å². The fourth-order valence-electron chi connectivity index (χ4n) is 8.98. The first kappa shape index (κ1) is 32.2. The van der Waals surface area contributed by atoms with Crippen LogP contribution in [0.25, 0.3) is 60.9 Å². The molecule has 1 aromatic heterocycles. The van der Waals surface area contributed by atoms with Crippen LogP contribution in [0.4, 0.5) is 0 Å². The highest BCUT2D eigenvalue weighted by atomic mass is 15.0. The molecule has 0 spiro atoms. The average Bonchev–Trinajstić information content (AvgIpc) is 3.68. The van der Waals surface area contributed by atoms with Gasteiger partial charge in [0.15, 0.2) is 0 Å². The highest BCUT2D eigenvalue weighted by Crippen LogP contribution is 2.49. The van der Waals surface area contributed by atoms with Crippen molar-refractivity contribution in [2.24, 2.45) is 0 Å². The summed E-state index contributed by atoms with van der Waals surface area (Å²) >= 11 is 0. The van der Waals surface area contributed by atoms with E-state index in [0.29, 0.717) is 0 Å². The predicted octanol–water partition coefficient (Wildman–Crippen LogP) is 13.8. The van der Waals surface area contributed by atoms with Crippen LogP contribution in [0.5, 0.6) is 0 Å². The van der Waals surface area contributed by atoms with Gasteiger partial charge in [-0.1, -0.05) is 178 Å². The maximum atomic E-state index is 2.50. The molecule has 0 radical (unpaired) electrons. The lowest BCUT2D eigenvalue weighted by molar-refractivity contribution is 0.657. The molecule has 0 amide bonds. The lowest BCUT2D eigenvalue weighted by atomic mass is 9.79. The van der Waals surface area contributed by atoms with Crippen molar-refractivity contribution >= 4 is 21.8 Å². The topological polar surface area (TPSA) is 4.93 Å². The monoisotopic (exact) mass is 691 g/mol. The molecule has 1 aliphatic rings. The number of fused-ring (bicyclic) bond motifs is 6. The second kappa shape index (κ2) is 12.9. The van der Waals surface area contributed by atoms with Crippen molar-refractivity contribution in [1.29, 1.82) is 0 Å². The van der Waals surface area contributed by atoms with Crippen LogP contribution in [0.2, 0.25) is 0 Å². The van der Waals surface area contributed by atoms with Gasteiger partial charge in [0.1, 0.15) is 0 Å². The number of hydrogen-bond donors (Lipinski definition) is 0. The van der Waals surface area contributed by atoms with E-state index in [0.717, 1.165) is 6.42 Å². The maximum absolute atomic E-state index is 2.50. The van der Waals surface area contributed by atoms with Gasteiger partial charge >= 0.3 is 0 Å². The highest BCUT2D eigenvalue weighted by Gasteiger charge is 2.35. The molecule has 9 aromatic rings. The number of nitrogens with zero attached hydrogens (tertiary/aromatic N) is 1. The van der Waals surface area contributed by atoms with E-state index in [2.05, 4.69) is 213 Å². The lowest BCUT2D eigenvalue weighted by Gasteiger charge is -2.24. The second-order valence-corrected chi connectivity index (χ2v) is 15.3. The Hall–Kier alpha value is -6.44. The Morgan fingerprint density at radius 3 is 1.80 bits per heavy atom. The Kier molecular flexibility index (Phi) is 7.70. The molecule has 0 aliphatic heterocycles. The minimum atomic E-state index is -0.0419. The van der Waals surface area contributed by atoms with Gasteiger partial charge in [-0.3, -0.25) is 0 Å². The molecule has 0 bridgehead atoms. The second-order valence-electron chi connectivity index (χ2n) is 15.3. The van der Waals surface area contributed by atoms with E-state index >= 15 is 0 Å². The summed E-state index contributed by atoms with van der Waals surface area (Å²) in [6.45, 7) is 4.75. The zero-order valence-corrected chi connectivity index (χ0v) is 30.7. The Morgan fingerprint density at radius 1 is 0.426 bits per heavy atom. The van der Waals surface area contributed by atoms with Gasteiger partial charge in [-0.15, -0.1) is 0 Å². The van der Waals surface area contributed by atoms with Crippen LogP contribution in [0.15, 0.2) is 194 Å². The average molecular weight is 692 g/mol. The van der Waals surface area contributed by atoms with Gasteiger partial charge < -0.3 is 4.57 Å². The first-order valence-corrected chi connectivity index (χ1v) is 19.1. The molecule has 1 atom stereocenters. The largest absolute Gasteiger partial charge is 0.309 e. The van der Waals surface area contributed by atoms with Crippen LogP contribution in [-0.4, -0.2) is 4.57 Å². The Morgan fingerprint density at radius 2 is 1.00 bits per heavy atom. The van der Waals surface area contributed by atoms with Crippen LogP contribution in [0.1, 0.15) is 47.6 Å². The van der Waals surface area contributed by atoms with E-state index in [1.165, 1.54) is 88.7 Å². The summed E-state index contributed by atoms with van der Waals surface area (Å²) in [7, 11) is 0. The Bertz CT molecular complexity index is 2790. The quantitative estimate of drug-likeness (QED) is 0.157. The molecule has 1 aliphatic carbocycles. The molecule has 54 heavy (non-hydrogen) atoms. The molecule has 0 fully saturated rings.